The number of fused-ring (bicyclic) bond motifs is 1. The fourth-order valence-corrected chi connectivity index (χ4v) is 2.28. The highest BCUT2D eigenvalue weighted by atomic mass is 16.5. The molecule has 1 aliphatic heterocycles. The van der Waals surface area contributed by atoms with Gasteiger partial charge in [0.1, 0.15) is 12.4 Å². The molecule has 0 saturated carbocycles. The molecule has 1 aliphatic rings. The molecule has 1 heterocycles. The highest BCUT2D eigenvalue weighted by Gasteiger charge is 2.07. The van der Waals surface area contributed by atoms with Crippen LogP contribution in [0, 0.1) is 0 Å². The van der Waals surface area contributed by atoms with Gasteiger partial charge >= 0.3 is 0 Å². The molecule has 21 heavy (non-hydrogen) atoms. The summed E-state index contributed by atoms with van der Waals surface area (Å²) in [5, 5.41) is 4.95. The number of hydrogen-bond acceptors (Lipinski definition) is 3. The second-order valence-corrected chi connectivity index (χ2v) is 5.25. The minimum atomic E-state index is -0.0329. The lowest BCUT2D eigenvalue weighted by Gasteiger charge is -2.14. The molecule has 2 rings (SSSR count). The summed E-state index contributed by atoms with van der Waals surface area (Å²) in [5.74, 6) is 0.833. The number of carbonyl (C=O) groups excluding carboxylic acids is 1. The third kappa shape index (κ3) is 4.52. The van der Waals surface area contributed by atoms with Crippen LogP contribution in [0.4, 0.5) is 0 Å². The maximum absolute atomic E-state index is 11.0. The van der Waals surface area contributed by atoms with Crippen LogP contribution in [0.15, 0.2) is 18.2 Å². The van der Waals surface area contributed by atoms with Crippen LogP contribution in [0.1, 0.15) is 33.1 Å². The normalized spacial score (nSPS) is 13.0. The first-order valence-corrected chi connectivity index (χ1v) is 7.52. The molecule has 0 spiro atoms. The molecule has 0 radical (unpaired) electrons. The molecular formula is C17H23NO3. The minimum absolute atomic E-state index is 0.0329. The zero-order valence-corrected chi connectivity index (χ0v) is 12.8. The number of rotatable bonds is 7. The topological polar surface area (TPSA) is 47.6 Å². The van der Waals surface area contributed by atoms with Crippen molar-refractivity contribution in [3.05, 3.63) is 28.6 Å². The Hall–Kier alpha value is -1.97. The monoisotopic (exact) mass is 289 g/mol. The second-order valence-electron chi connectivity index (χ2n) is 5.25. The van der Waals surface area contributed by atoms with Gasteiger partial charge in [0.15, 0.2) is 0 Å². The third-order valence-corrected chi connectivity index (χ3v) is 3.44. The van der Waals surface area contributed by atoms with Gasteiger partial charge in [0.05, 0.1) is 12.9 Å². The molecule has 0 bridgehead atoms. The molecule has 0 aromatic heterocycles. The van der Waals surface area contributed by atoms with Crippen molar-refractivity contribution < 1.29 is 14.3 Å². The summed E-state index contributed by atoms with van der Waals surface area (Å²) in [7, 11) is 0. The average Bonchev–Trinajstić information content (AvgIpc) is 2.49. The van der Waals surface area contributed by atoms with Crippen molar-refractivity contribution in [3.63, 3.8) is 0 Å². The first kappa shape index (κ1) is 15.4. The molecular weight excluding hydrogens is 266 g/mol. The van der Waals surface area contributed by atoms with E-state index in [9.17, 15) is 4.79 Å². The lowest BCUT2D eigenvalue weighted by Crippen LogP contribution is -2.36. The Labute approximate surface area is 125 Å². The van der Waals surface area contributed by atoms with Gasteiger partial charge in [0.2, 0.25) is 5.91 Å². The molecule has 0 saturated heterocycles. The highest BCUT2D eigenvalue weighted by Crippen LogP contribution is 2.07. The first-order valence-electron chi connectivity index (χ1n) is 7.52. The van der Waals surface area contributed by atoms with Gasteiger partial charge in [-0.2, -0.15) is 0 Å². The molecule has 0 aliphatic carbocycles. The average molecular weight is 289 g/mol. The first-order chi connectivity index (χ1) is 10.2. The van der Waals surface area contributed by atoms with Crippen molar-refractivity contribution in [3.8, 4) is 5.75 Å². The smallest absolute Gasteiger partial charge is 0.217 e. The predicted octanol–water partition coefficient (Wildman–Crippen LogP) is 1.31. The molecule has 0 fully saturated rings. The maximum Gasteiger partial charge on any atom is 0.217 e. The van der Waals surface area contributed by atoms with E-state index in [-0.39, 0.29) is 5.91 Å². The van der Waals surface area contributed by atoms with E-state index in [0.717, 1.165) is 34.8 Å². The zero-order valence-electron chi connectivity index (χ0n) is 12.8. The van der Waals surface area contributed by atoms with Crippen LogP contribution in [0.3, 0.4) is 0 Å². The van der Waals surface area contributed by atoms with E-state index in [2.05, 4.69) is 12.2 Å². The van der Waals surface area contributed by atoms with E-state index in [1.54, 1.807) is 6.26 Å². The van der Waals surface area contributed by atoms with Crippen LogP contribution in [0.25, 0.3) is 11.8 Å². The largest absolute Gasteiger partial charge is 0.496 e. The van der Waals surface area contributed by atoms with Crippen molar-refractivity contribution in [1.29, 1.82) is 0 Å². The number of benzene rings is 1. The second kappa shape index (κ2) is 7.72. The Morgan fingerprint density at radius 2 is 2.24 bits per heavy atom. The molecule has 4 nitrogen and oxygen atoms in total. The summed E-state index contributed by atoms with van der Waals surface area (Å²) in [6, 6.07) is 6.02. The number of unbranched alkanes of at least 4 members (excludes halogenated alkanes) is 2. The zero-order chi connectivity index (χ0) is 15.1. The van der Waals surface area contributed by atoms with Crippen molar-refractivity contribution in [2.75, 3.05) is 19.8 Å². The molecule has 1 N–H and O–H groups in total. The Bertz CT molecular complexity index is 607. The summed E-state index contributed by atoms with van der Waals surface area (Å²) in [5.41, 5.74) is 1.08. The Morgan fingerprint density at radius 3 is 3.00 bits per heavy atom. The van der Waals surface area contributed by atoms with Crippen molar-refractivity contribution >= 4 is 17.7 Å². The third-order valence-electron chi connectivity index (χ3n) is 3.44. The van der Waals surface area contributed by atoms with Crippen LogP contribution in [0.5, 0.6) is 5.75 Å². The van der Waals surface area contributed by atoms with Crippen LogP contribution in [-0.4, -0.2) is 25.7 Å². The van der Waals surface area contributed by atoms with Gasteiger partial charge in [0, 0.05) is 18.7 Å². The van der Waals surface area contributed by atoms with Gasteiger partial charge in [-0.3, -0.25) is 4.79 Å². The number of carbonyl (C=O) groups is 1. The summed E-state index contributed by atoms with van der Waals surface area (Å²) < 4.78 is 11.2. The molecule has 4 heteroatoms. The molecule has 1 amide bonds. The van der Waals surface area contributed by atoms with Gasteiger partial charge in [-0.15, -0.1) is 0 Å². The maximum atomic E-state index is 11.0. The van der Waals surface area contributed by atoms with Gasteiger partial charge in [-0.05, 0) is 29.3 Å². The Balaban J connectivity index is 2.12. The predicted molar refractivity (Wildman–Crippen MR) is 83.2 cm³/mol. The van der Waals surface area contributed by atoms with Crippen LogP contribution in [-0.2, 0) is 9.53 Å². The summed E-state index contributed by atoms with van der Waals surface area (Å²) >= 11 is 0. The van der Waals surface area contributed by atoms with Crippen molar-refractivity contribution in [2.24, 2.45) is 0 Å². The Kier molecular flexibility index (Phi) is 5.67. The highest BCUT2D eigenvalue weighted by molar-refractivity contribution is 5.74. The SMILES string of the molecule is CCCCCOc1ccc2c(c1)=COCC=2CNC(C)=O. The molecule has 0 unspecified atom stereocenters. The summed E-state index contributed by atoms with van der Waals surface area (Å²) in [6.45, 7) is 5.48. The van der Waals surface area contributed by atoms with E-state index in [1.165, 1.54) is 19.8 Å². The van der Waals surface area contributed by atoms with Gasteiger partial charge < -0.3 is 14.8 Å². The van der Waals surface area contributed by atoms with E-state index in [0.29, 0.717) is 13.2 Å². The van der Waals surface area contributed by atoms with Crippen molar-refractivity contribution in [1.82, 2.24) is 5.32 Å². The number of amides is 1. The number of nitrogens with one attached hydrogen (secondary N) is 1. The van der Waals surface area contributed by atoms with Crippen LogP contribution in [0.2, 0.25) is 0 Å². The van der Waals surface area contributed by atoms with Gasteiger partial charge in [-0.1, -0.05) is 25.8 Å². The fraction of sp³-hybridized carbons (Fsp3) is 0.471. The van der Waals surface area contributed by atoms with E-state index >= 15 is 0 Å². The Morgan fingerprint density at radius 1 is 1.38 bits per heavy atom. The molecule has 0 atom stereocenters. The standard InChI is InChI=1S/C17H23NO3/c1-3-4-5-8-21-16-6-7-17-14(9-16)11-20-12-15(17)10-18-13(2)19/h6-7,9,11H,3-5,8,10,12H2,1-2H3,(H,18,19). The van der Waals surface area contributed by atoms with Crippen molar-refractivity contribution in [2.45, 2.75) is 33.1 Å². The minimum Gasteiger partial charge on any atom is -0.496 e. The lowest BCUT2D eigenvalue weighted by molar-refractivity contribution is -0.118. The molecule has 1 aromatic rings. The summed E-state index contributed by atoms with van der Waals surface area (Å²) in [6.07, 6.45) is 5.21. The fourth-order valence-electron chi connectivity index (χ4n) is 2.28. The molecule has 1 aromatic carbocycles. The molecule has 114 valence electrons. The van der Waals surface area contributed by atoms with Gasteiger partial charge in [0.25, 0.3) is 0 Å². The number of ether oxygens (including phenoxy) is 2. The number of hydrogen-bond donors (Lipinski definition) is 1. The van der Waals surface area contributed by atoms with E-state index in [1.807, 2.05) is 18.2 Å². The van der Waals surface area contributed by atoms with E-state index < -0.39 is 0 Å². The van der Waals surface area contributed by atoms with Crippen LogP contribution >= 0.6 is 0 Å². The summed E-state index contributed by atoms with van der Waals surface area (Å²) in [4.78, 5) is 11.0. The van der Waals surface area contributed by atoms with Gasteiger partial charge in [-0.25, -0.2) is 0 Å². The lowest BCUT2D eigenvalue weighted by atomic mass is 10.1. The van der Waals surface area contributed by atoms with Crippen LogP contribution < -0.4 is 20.5 Å². The quantitative estimate of drug-likeness (QED) is 0.770. The van der Waals surface area contributed by atoms with E-state index in [4.69, 9.17) is 9.47 Å².